The maximum atomic E-state index is 12.8. The van der Waals surface area contributed by atoms with E-state index in [0.717, 1.165) is 16.7 Å². The zero-order chi connectivity index (χ0) is 20.4. The Hall–Kier alpha value is -3.45. The SMILES string of the molecule is Cc1ccc(S(=O)(=O)Nc2ccccc2-c2nc(-c3cccc(C)c3)no2)cc1. The zero-order valence-corrected chi connectivity index (χ0v) is 16.8. The second-order valence-electron chi connectivity index (χ2n) is 6.76. The van der Waals surface area contributed by atoms with E-state index in [9.17, 15) is 8.42 Å². The van der Waals surface area contributed by atoms with Gasteiger partial charge in [-0.2, -0.15) is 4.98 Å². The Labute approximate surface area is 169 Å². The van der Waals surface area contributed by atoms with Crippen LogP contribution in [0, 0.1) is 13.8 Å². The van der Waals surface area contributed by atoms with Crippen LogP contribution in [0.3, 0.4) is 0 Å². The average molecular weight is 405 g/mol. The van der Waals surface area contributed by atoms with Gasteiger partial charge in [-0.1, -0.05) is 58.7 Å². The highest BCUT2D eigenvalue weighted by molar-refractivity contribution is 7.92. The minimum Gasteiger partial charge on any atom is -0.334 e. The van der Waals surface area contributed by atoms with Crippen molar-refractivity contribution in [3.05, 3.63) is 83.9 Å². The molecule has 1 N–H and O–H groups in total. The molecule has 4 rings (SSSR count). The number of hydrogen-bond donors (Lipinski definition) is 1. The lowest BCUT2D eigenvalue weighted by atomic mass is 10.1. The number of anilines is 1. The first kappa shape index (κ1) is 18.9. The zero-order valence-electron chi connectivity index (χ0n) is 16.0. The van der Waals surface area contributed by atoms with Crippen molar-refractivity contribution in [2.24, 2.45) is 0 Å². The van der Waals surface area contributed by atoms with E-state index in [4.69, 9.17) is 4.52 Å². The number of hydrogen-bond acceptors (Lipinski definition) is 5. The number of nitrogens with one attached hydrogen (secondary N) is 1. The van der Waals surface area contributed by atoms with Gasteiger partial charge in [0, 0.05) is 5.56 Å². The normalized spacial score (nSPS) is 11.4. The van der Waals surface area contributed by atoms with Gasteiger partial charge in [0.15, 0.2) is 0 Å². The fourth-order valence-corrected chi connectivity index (χ4v) is 3.99. The molecule has 0 saturated heterocycles. The van der Waals surface area contributed by atoms with Gasteiger partial charge in [0.05, 0.1) is 16.1 Å². The van der Waals surface area contributed by atoms with E-state index in [1.54, 1.807) is 48.5 Å². The van der Waals surface area contributed by atoms with Crippen molar-refractivity contribution < 1.29 is 12.9 Å². The summed E-state index contributed by atoms with van der Waals surface area (Å²) in [6.07, 6.45) is 0. The molecular weight excluding hydrogens is 386 g/mol. The molecule has 1 aromatic heterocycles. The standard InChI is InChI=1S/C22H19N3O3S/c1-15-10-12-18(13-11-15)29(26,27)25-20-9-4-3-8-19(20)22-23-21(24-28-22)17-7-5-6-16(2)14-17/h3-14,25H,1-2H3. The Morgan fingerprint density at radius 1 is 0.862 bits per heavy atom. The first-order valence-electron chi connectivity index (χ1n) is 9.02. The molecule has 6 nitrogen and oxygen atoms in total. The van der Waals surface area contributed by atoms with Crippen LogP contribution in [0.5, 0.6) is 0 Å². The molecule has 0 saturated carbocycles. The van der Waals surface area contributed by atoms with Crippen LogP contribution in [0.2, 0.25) is 0 Å². The van der Waals surface area contributed by atoms with Crippen molar-refractivity contribution in [3.8, 4) is 22.8 Å². The molecule has 0 amide bonds. The van der Waals surface area contributed by atoms with Crippen LogP contribution in [0.15, 0.2) is 82.2 Å². The van der Waals surface area contributed by atoms with Crippen molar-refractivity contribution in [3.63, 3.8) is 0 Å². The molecule has 0 spiro atoms. The summed E-state index contributed by atoms with van der Waals surface area (Å²) >= 11 is 0. The Kier molecular flexibility index (Phi) is 4.90. The lowest BCUT2D eigenvalue weighted by Crippen LogP contribution is -2.13. The van der Waals surface area contributed by atoms with Crippen LogP contribution < -0.4 is 4.72 Å². The van der Waals surface area contributed by atoms with Gasteiger partial charge in [0.2, 0.25) is 5.82 Å². The van der Waals surface area contributed by atoms with Crippen molar-refractivity contribution in [2.75, 3.05) is 4.72 Å². The highest BCUT2D eigenvalue weighted by Gasteiger charge is 2.19. The number of nitrogens with zero attached hydrogens (tertiary/aromatic N) is 2. The minimum atomic E-state index is -3.75. The number of para-hydroxylation sites is 1. The van der Waals surface area contributed by atoms with Crippen LogP contribution in [-0.2, 0) is 10.0 Å². The number of aryl methyl sites for hydroxylation is 2. The average Bonchev–Trinajstić information content (AvgIpc) is 3.18. The summed E-state index contributed by atoms with van der Waals surface area (Å²) in [6, 6.07) is 21.4. The largest absolute Gasteiger partial charge is 0.334 e. The summed E-state index contributed by atoms with van der Waals surface area (Å²) in [5, 5.41) is 4.05. The molecule has 0 aliphatic rings. The summed E-state index contributed by atoms with van der Waals surface area (Å²) in [7, 11) is -3.75. The van der Waals surface area contributed by atoms with Gasteiger partial charge in [-0.05, 0) is 44.2 Å². The fraction of sp³-hybridized carbons (Fsp3) is 0.0909. The highest BCUT2D eigenvalue weighted by Crippen LogP contribution is 2.30. The Morgan fingerprint density at radius 3 is 2.38 bits per heavy atom. The first-order chi connectivity index (χ1) is 13.9. The van der Waals surface area contributed by atoms with Crippen LogP contribution in [0.1, 0.15) is 11.1 Å². The first-order valence-corrected chi connectivity index (χ1v) is 10.5. The van der Waals surface area contributed by atoms with E-state index in [2.05, 4.69) is 14.9 Å². The van der Waals surface area contributed by atoms with Gasteiger partial charge < -0.3 is 4.52 Å². The van der Waals surface area contributed by atoms with Crippen LogP contribution in [0.25, 0.3) is 22.8 Å². The van der Waals surface area contributed by atoms with Crippen molar-refractivity contribution in [2.45, 2.75) is 18.7 Å². The Morgan fingerprint density at radius 2 is 1.62 bits per heavy atom. The van der Waals surface area contributed by atoms with E-state index >= 15 is 0 Å². The molecule has 146 valence electrons. The third-order valence-corrected chi connectivity index (χ3v) is 5.82. The number of aromatic nitrogens is 2. The molecule has 0 bridgehead atoms. The van der Waals surface area contributed by atoms with Gasteiger partial charge in [0.1, 0.15) is 0 Å². The molecule has 0 aliphatic heterocycles. The number of benzene rings is 3. The van der Waals surface area contributed by atoms with Crippen LogP contribution >= 0.6 is 0 Å². The van der Waals surface area contributed by atoms with Gasteiger partial charge in [-0.15, -0.1) is 0 Å². The topological polar surface area (TPSA) is 85.1 Å². The van der Waals surface area contributed by atoms with Crippen LogP contribution in [0.4, 0.5) is 5.69 Å². The number of sulfonamides is 1. The van der Waals surface area contributed by atoms with Gasteiger partial charge in [-0.25, -0.2) is 8.42 Å². The van der Waals surface area contributed by atoms with Crippen molar-refractivity contribution >= 4 is 15.7 Å². The highest BCUT2D eigenvalue weighted by atomic mass is 32.2. The van der Waals surface area contributed by atoms with E-state index in [-0.39, 0.29) is 10.8 Å². The molecule has 4 aromatic rings. The fourth-order valence-electron chi connectivity index (χ4n) is 2.91. The van der Waals surface area contributed by atoms with E-state index in [0.29, 0.717) is 17.1 Å². The van der Waals surface area contributed by atoms with E-state index in [1.807, 2.05) is 38.1 Å². The minimum absolute atomic E-state index is 0.184. The lowest BCUT2D eigenvalue weighted by Gasteiger charge is -2.10. The molecular formula is C22H19N3O3S. The van der Waals surface area contributed by atoms with Crippen molar-refractivity contribution in [1.29, 1.82) is 0 Å². The third kappa shape index (κ3) is 4.05. The summed E-state index contributed by atoms with van der Waals surface area (Å²) in [4.78, 5) is 4.64. The molecule has 29 heavy (non-hydrogen) atoms. The molecule has 0 aliphatic carbocycles. The molecule has 0 atom stereocenters. The predicted molar refractivity (Wildman–Crippen MR) is 112 cm³/mol. The van der Waals surface area contributed by atoms with Gasteiger partial charge in [0.25, 0.3) is 15.9 Å². The maximum Gasteiger partial charge on any atom is 0.261 e. The summed E-state index contributed by atoms with van der Waals surface area (Å²) in [5.74, 6) is 0.684. The van der Waals surface area contributed by atoms with Gasteiger partial charge >= 0.3 is 0 Å². The summed E-state index contributed by atoms with van der Waals surface area (Å²) < 4.78 is 33.6. The molecule has 3 aromatic carbocycles. The Bertz CT molecular complexity index is 1260. The monoisotopic (exact) mass is 405 g/mol. The Balaban J connectivity index is 1.68. The molecule has 7 heteroatoms. The maximum absolute atomic E-state index is 12.8. The predicted octanol–water partition coefficient (Wildman–Crippen LogP) is 4.82. The number of rotatable bonds is 5. The lowest BCUT2D eigenvalue weighted by molar-refractivity contribution is 0.432. The molecule has 0 fully saturated rings. The summed E-state index contributed by atoms with van der Waals surface area (Å²) in [5.41, 5.74) is 3.78. The summed E-state index contributed by atoms with van der Waals surface area (Å²) in [6.45, 7) is 3.89. The second kappa shape index (κ2) is 7.52. The van der Waals surface area contributed by atoms with E-state index in [1.165, 1.54) is 0 Å². The quantitative estimate of drug-likeness (QED) is 0.514. The van der Waals surface area contributed by atoms with Crippen LogP contribution in [-0.4, -0.2) is 18.6 Å². The molecule has 0 unspecified atom stereocenters. The van der Waals surface area contributed by atoms with Gasteiger partial charge in [-0.3, -0.25) is 4.72 Å². The smallest absolute Gasteiger partial charge is 0.261 e. The van der Waals surface area contributed by atoms with E-state index < -0.39 is 10.0 Å². The third-order valence-electron chi connectivity index (χ3n) is 4.44. The second-order valence-corrected chi connectivity index (χ2v) is 8.44. The molecule has 1 heterocycles. The molecule has 0 radical (unpaired) electrons. The van der Waals surface area contributed by atoms with Crippen molar-refractivity contribution in [1.82, 2.24) is 10.1 Å².